The van der Waals surface area contributed by atoms with Crippen LogP contribution in [0, 0.1) is 0 Å². The number of pyridine rings is 1. The van der Waals surface area contributed by atoms with Crippen LogP contribution in [0.3, 0.4) is 0 Å². The van der Waals surface area contributed by atoms with E-state index in [1.807, 2.05) is 18.4 Å². The molecule has 0 radical (unpaired) electrons. The number of hydrogen-bond acceptors (Lipinski definition) is 4. The summed E-state index contributed by atoms with van der Waals surface area (Å²) in [5.74, 6) is 0. The summed E-state index contributed by atoms with van der Waals surface area (Å²) in [4.78, 5) is 16.8. The zero-order chi connectivity index (χ0) is 16.0. The van der Waals surface area contributed by atoms with Gasteiger partial charge in [-0.25, -0.2) is 4.98 Å². The lowest BCUT2D eigenvalue weighted by Gasteiger charge is -2.14. The third-order valence-electron chi connectivity index (χ3n) is 4.25. The van der Waals surface area contributed by atoms with Crippen LogP contribution in [-0.4, -0.2) is 25.4 Å². The van der Waals surface area contributed by atoms with Gasteiger partial charge in [0.2, 0.25) is 0 Å². The first-order chi connectivity index (χ1) is 11.2. The Labute approximate surface area is 142 Å². The third-order valence-corrected chi connectivity index (χ3v) is 5.09. The molecule has 5 nitrogen and oxygen atoms in total. The van der Waals surface area contributed by atoms with E-state index in [0.29, 0.717) is 11.7 Å². The number of nitrogens with zero attached hydrogens (tertiary/aromatic N) is 4. The molecule has 1 aliphatic rings. The molecule has 0 atom stereocenters. The topological polar surface area (TPSA) is 52.2 Å². The van der Waals surface area contributed by atoms with E-state index < -0.39 is 0 Å². The molecule has 23 heavy (non-hydrogen) atoms. The van der Waals surface area contributed by atoms with Crippen molar-refractivity contribution in [3.8, 4) is 0 Å². The summed E-state index contributed by atoms with van der Waals surface area (Å²) in [7, 11) is 0. The van der Waals surface area contributed by atoms with E-state index >= 15 is 0 Å². The molecule has 0 aromatic carbocycles. The standard InChI is InChI=1S/C16H15ClN4OS/c1-23-14-7-15-20(9-10-5-6-13(17)18-8-10)12-4-2-3-11(12)16(22)21(15)19-14/h5-8H,2-4,9H2,1H3. The summed E-state index contributed by atoms with van der Waals surface area (Å²) < 4.78 is 3.74. The summed E-state index contributed by atoms with van der Waals surface area (Å²) >= 11 is 7.41. The van der Waals surface area contributed by atoms with Gasteiger partial charge in [0.15, 0.2) is 0 Å². The second-order valence-electron chi connectivity index (χ2n) is 5.62. The molecule has 4 rings (SSSR count). The van der Waals surface area contributed by atoms with Gasteiger partial charge in [-0.05, 0) is 37.1 Å². The van der Waals surface area contributed by atoms with Crippen molar-refractivity contribution in [3.05, 3.63) is 56.7 Å². The largest absolute Gasteiger partial charge is 0.325 e. The molecule has 0 unspecified atom stereocenters. The van der Waals surface area contributed by atoms with Gasteiger partial charge in [0.25, 0.3) is 5.56 Å². The second kappa shape index (κ2) is 5.69. The van der Waals surface area contributed by atoms with Gasteiger partial charge in [-0.2, -0.15) is 9.61 Å². The number of rotatable bonds is 3. The highest BCUT2D eigenvalue weighted by Gasteiger charge is 2.22. The maximum atomic E-state index is 12.6. The van der Waals surface area contributed by atoms with Crippen molar-refractivity contribution in [2.75, 3.05) is 6.26 Å². The Kier molecular flexibility index (Phi) is 3.66. The van der Waals surface area contributed by atoms with Crippen LogP contribution in [0.15, 0.2) is 34.2 Å². The molecular formula is C16H15ClN4OS. The lowest BCUT2D eigenvalue weighted by Crippen LogP contribution is -2.24. The van der Waals surface area contributed by atoms with Crippen molar-refractivity contribution in [1.29, 1.82) is 0 Å². The molecule has 0 fully saturated rings. The zero-order valence-corrected chi connectivity index (χ0v) is 14.2. The average Bonchev–Trinajstić information content (AvgIpc) is 3.20. The molecule has 0 aliphatic heterocycles. The van der Waals surface area contributed by atoms with Crippen molar-refractivity contribution < 1.29 is 0 Å². The molecule has 118 valence electrons. The van der Waals surface area contributed by atoms with Crippen molar-refractivity contribution >= 4 is 29.0 Å². The molecule has 3 aromatic heterocycles. The van der Waals surface area contributed by atoms with Crippen LogP contribution >= 0.6 is 23.4 Å². The van der Waals surface area contributed by atoms with Crippen LogP contribution in [0.2, 0.25) is 5.15 Å². The van der Waals surface area contributed by atoms with Gasteiger partial charge in [-0.1, -0.05) is 17.7 Å². The highest BCUT2D eigenvalue weighted by molar-refractivity contribution is 7.98. The molecule has 0 saturated heterocycles. The van der Waals surface area contributed by atoms with Gasteiger partial charge in [-0.3, -0.25) is 4.79 Å². The Bertz CT molecular complexity index is 945. The summed E-state index contributed by atoms with van der Waals surface area (Å²) in [6.07, 6.45) is 6.53. The van der Waals surface area contributed by atoms with Crippen molar-refractivity contribution in [3.63, 3.8) is 0 Å². The quantitative estimate of drug-likeness (QED) is 0.540. The Hall–Kier alpha value is -1.79. The Morgan fingerprint density at radius 3 is 2.96 bits per heavy atom. The number of halogens is 1. The number of thioether (sulfide) groups is 1. The van der Waals surface area contributed by atoms with Gasteiger partial charge < -0.3 is 4.57 Å². The number of aromatic nitrogens is 4. The molecule has 0 saturated carbocycles. The fraction of sp³-hybridized carbons (Fsp3) is 0.312. The molecular weight excluding hydrogens is 332 g/mol. The highest BCUT2D eigenvalue weighted by Crippen LogP contribution is 2.24. The molecule has 0 bridgehead atoms. The van der Waals surface area contributed by atoms with Crippen LogP contribution in [0.1, 0.15) is 23.2 Å². The van der Waals surface area contributed by atoms with Crippen LogP contribution in [0.5, 0.6) is 0 Å². The van der Waals surface area contributed by atoms with E-state index in [9.17, 15) is 4.79 Å². The fourth-order valence-electron chi connectivity index (χ4n) is 3.17. The smallest absolute Gasteiger partial charge is 0.277 e. The van der Waals surface area contributed by atoms with Crippen LogP contribution in [-0.2, 0) is 19.4 Å². The first-order valence-electron chi connectivity index (χ1n) is 7.46. The maximum Gasteiger partial charge on any atom is 0.277 e. The van der Waals surface area contributed by atoms with E-state index in [2.05, 4.69) is 14.6 Å². The predicted octanol–water partition coefficient (Wildman–Crippen LogP) is 2.80. The Balaban J connectivity index is 1.93. The molecule has 3 heterocycles. The van der Waals surface area contributed by atoms with Gasteiger partial charge in [0, 0.05) is 23.5 Å². The van der Waals surface area contributed by atoms with E-state index in [4.69, 9.17) is 11.6 Å². The number of fused-ring (bicyclic) bond motifs is 2. The van der Waals surface area contributed by atoms with Gasteiger partial charge in [0.05, 0.1) is 6.54 Å². The normalized spacial score (nSPS) is 13.7. The molecule has 1 aliphatic carbocycles. The first-order valence-corrected chi connectivity index (χ1v) is 9.06. The van der Waals surface area contributed by atoms with Crippen LogP contribution in [0.4, 0.5) is 0 Å². The summed E-state index contributed by atoms with van der Waals surface area (Å²) in [6, 6.07) is 5.74. The minimum atomic E-state index is 0.0262. The summed E-state index contributed by atoms with van der Waals surface area (Å²) in [6.45, 7) is 0.662. The van der Waals surface area contributed by atoms with Gasteiger partial charge in [0.1, 0.15) is 15.8 Å². The first kappa shape index (κ1) is 14.8. The lowest BCUT2D eigenvalue weighted by molar-refractivity contribution is 0.715. The predicted molar refractivity (Wildman–Crippen MR) is 91.6 cm³/mol. The molecule has 3 aromatic rings. The van der Waals surface area contributed by atoms with Gasteiger partial charge in [-0.15, -0.1) is 11.8 Å². The van der Waals surface area contributed by atoms with E-state index in [1.165, 1.54) is 0 Å². The van der Waals surface area contributed by atoms with E-state index in [0.717, 1.165) is 46.8 Å². The molecule has 0 N–H and O–H groups in total. The maximum absolute atomic E-state index is 12.6. The molecule has 0 amide bonds. The van der Waals surface area contributed by atoms with Crippen molar-refractivity contribution in [1.82, 2.24) is 19.2 Å². The Morgan fingerprint density at radius 2 is 2.22 bits per heavy atom. The van der Waals surface area contributed by atoms with Crippen LogP contribution in [0.25, 0.3) is 5.65 Å². The Morgan fingerprint density at radius 1 is 1.35 bits per heavy atom. The number of hydrogen-bond donors (Lipinski definition) is 0. The zero-order valence-electron chi connectivity index (χ0n) is 12.6. The summed E-state index contributed by atoms with van der Waals surface area (Å²) in [5, 5.41) is 5.77. The van der Waals surface area contributed by atoms with Gasteiger partial charge >= 0.3 is 0 Å². The van der Waals surface area contributed by atoms with Crippen molar-refractivity contribution in [2.24, 2.45) is 0 Å². The monoisotopic (exact) mass is 346 g/mol. The fourth-order valence-corrected chi connectivity index (χ4v) is 3.67. The summed E-state index contributed by atoms with van der Waals surface area (Å²) in [5.41, 5.74) is 3.95. The third kappa shape index (κ3) is 2.46. The second-order valence-corrected chi connectivity index (χ2v) is 6.83. The van der Waals surface area contributed by atoms with Crippen molar-refractivity contribution in [2.45, 2.75) is 30.8 Å². The minimum absolute atomic E-state index is 0.0262. The van der Waals surface area contributed by atoms with E-state index in [1.54, 1.807) is 28.5 Å². The lowest BCUT2D eigenvalue weighted by atomic mass is 10.2. The average molecular weight is 347 g/mol. The molecule has 7 heteroatoms. The van der Waals surface area contributed by atoms with E-state index in [-0.39, 0.29) is 5.56 Å². The van der Waals surface area contributed by atoms with Crippen LogP contribution < -0.4 is 5.56 Å². The highest BCUT2D eigenvalue weighted by atomic mass is 35.5. The molecule has 0 spiro atoms. The SMILES string of the molecule is CSc1cc2n(Cc3ccc(Cl)nc3)c3c(c(=O)n2n1)CCC3. The minimum Gasteiger partial charge on any atom is -0.325 e.